The zero-order chi connectivity index (χ0) is 11.3. The molecule has 0 bridgehead atoms. The maximum absolute atomic E-state index is 10.7. The van der Waals surface area contributed by atoms with E-state index in [2.05, 4.69) is 0 Å². The van der Waals surface area contributed by atoms with Crippen LogP contribution in [0.4, 0.5) is 0 Å². The standard InChI is InChI=1S/C10H16NO3P/c11-6-4-9-2-1-3-10(8-9)5-7-15(12,13)14/h1-3,8H,4-7,11H2,(H2,12,13,14). The van der Waals surface area contributed by atoms with Gasteiger partial charge in [-0.15, -0.1) is 0 Å². The van der Waals surface area contributed by atoms with E-state index in [1.165, 1.54) is 0 Å². The molecule has 0 radical (unpaired) electrons. The van der Waals surface area contributed by atoms with E-state index in [4.69, 9.17) is 15.5 Å². The van der Waals surface area contributed by atoms with Crippen molar-refractivity contribution in [2.45, 2.75) is 12.8 Å². The molecule has 0 unspecified atom stereocenters. The summed E-state index contributed by atoms with van der Waals surface area (Å²) in [5.74, 6) is 0. The van der Waals surface area contributed by atoms with Crippen LogP contribution in [0.1, 0.15) is 11.1 Å². The van der Waals surface area contributed by atoms with Crippen LogP contribution in [0.25, 0.3) is 0 Å². The molecule has 4 N–H and O–H groups in total. The molecule has 84 valence electrons. The number of hydrogen-bond donors (Lipinski definition) is 3. The number of aryl methyl sites for hydroxylation is 1. The van der Waals surface area contributed by atoms with Crippen LogP contribution in [0.15, 0.2) is 24.3 Å². The summed E-state index contributed by atoms with van der Waals surface area (Å²) in [7, 11) is -3.89. The van der Waals surface area contributed by atoms with Crippen molar-refractivity contribution < 1.29 is 14.4 Å². The lowest BCUT2D eigenvalue weighted by Crippen LogP contribution is -2.03. The third-order valence-electron chi connectivity index (χ3n) is 2.12. The summed E-state index contributed by atoms with van der Waals surface area (Å²) in [4.78, 5) is 17.5. The molecule has 0 amide bonds. The van der Waals surface area contributed by atoms with E-state index in [1.807, 2.05) is 24.3 Å². The Morgan fingerprint density at radius 3 is 2.33 bits per heavy atom. The Morgan fingerprint density at radius 2 is 1.80 bits per heavy atom. The molecule has 0 saturated carbocycles. The highest BCUT2D eigenvalue weighted by Gasteiger charge is 2.12. The average Bonchev–Trinajstić information content (AvgIpc) is 2.15. The average molecular weight is 229 g/mol. The number of benzene rings is 1. The minimum absolute atomic E-state index is 0.0981. The van der Waals surface area contributed by atoms with E-state index in [9.17, 15) is 4.57 Å². The Bertz CT molecular complexity index is 361. The quantitative estimate of drug-likeness (QED) is 0.655. The Hall–Kier alpha value is -0.670. The lowest BCUT2D eigenvalue weighted by molar-refractivity contribution is 0.373. The Labute approximate surface area is 89.3 Å². The molecule has 0 aliphatic carbocycles. The fourth-order valence-electron chi connectivity index (χ4n) is 1.38. The second-order valence-corrected chi connectivity index (χ2v) is 5.27. The SMILES string of the molecule is NCCc1cccc(CCP(=O)(O)O)c1. The summed E-state index contributed by atoms with van der Waals surface area (Å²) >= 11 is 0. The van der Waals surface area contributed by atoms with Crippen LogP contribution < -0.4 is 5.73 Å². The fraction of sp³-hybridized carbons (Fsp3) is 0.400. The van der Waals surface area contributed by atoms with Gasteiger partial charge in [0.25, 0.3) is 0 Å². The highest BCUT2D eigenvalue weighted by molar-refractivity contribution is 7.51. The van der Waals surface area contributed by atoms with Gasteiger partial charge in [0, 0.05) is 0 Å². The van der Waals surface area contributed by atoms with Gasteiger partial charge in [-0.25, -0.2) is 0 Å². The van der Waals surface area contributed by atoms with Gasteiger partial charge in [0.2, 0.25) is 0 Å². The zero-order valence-corrected chi connectivity index (χ0v) is 9.36. The first kappa shape index (κ1) is 12.4. The molecule has 5 heteroatoms. The molecule has 4 nitrogen and oxygen atoms in total. The van der Waals surface area contributed by atoms with Crippen LogP contribution in [0.5, 0.6) is 0 Å². The highest BCUT2D eigenvalue weighted by atomic mass is 31.2. The van der Waals surface area contributed by atoms with Gasteiger partial charge in [-0.05, 0) is 30.5 Å². The lowest BCUT2D eigenvalue weighted by Gasteiger charge is -2.05. The summed E-state index contributed by atoms with van der Waals surface area (Å²) in [5, 5.41) is 0. The molecule has 0 saturated heterocycles. The molecule has 0 aromatic heterocycles. The first-order chi connectivity index (χ1) is 7.01. The Morgan fingerprint density at radius 1 is 1.20 bits per heavy atom. The molecule has 0 spiro atoms. The van der Waals surface area contributed by atoms with Crippen molar-refractivity contribution in [1.82, 2.24) is 0 Å². The fourth-order valence-corrected chi connectivity index (χ4v) is 1.93. The van der Waals surface area contributed by atoms with Gasteiger partial charge in [-0.2, -0.15) is 0 Å². The maximum Gasteiger partial charge on any atom is 0.325 e. The molecule has 0 fully saturated rings. The summed E-state index contributed by atoms with van der Waals surface area (Å²) in [6.07, 6.45) is 1.10. The van der Waals surface area contributed by atoms with Gasteiger partial charge in [0.1, 0.15) is 0 Å². The minimum Gasteiger partial charge on any atom is -0.330 e. The number of hydrogen-bond acceptors (Lipinski definition) is 2. The number of nitrogens with two attached hydrogens (primary N) is 1. The van der Waals surface area contributed by atoms with Crippen molar-refractivity contribution in [3.63, 3.8) is 0 Å². The van der Waals surface area contributed by atoms with Crippen LogP contribution >= 0.6 is 7.60 Å². The van der Waals surface area contributed by atoms with Crippen LogP contribution in [-0.4, -0.2) is 22.5 Å². The lowest BCUT2D eigenvalue weighted by atomic mass is 10.1. The second-order valence-electron chi connectivity index (χ2n) is 3.50. The van der Waals surface area contributed by atoms with E-state index >= 15 is 0 Å². The summed E-state index contributed by atoms with van der Waals surface area (Å²) in [6, 6.07) is 7.67. The molecule has 0 atom stereocenters. The summed E-state index contributed by atoms with van der Waals surface area (Å²) < 4.78 is 10.7. The molecule has 15 heavy (non-hydrogen) atoms. The predicted molar refractivity (Wildman–Crippen MR) is 59.8 cm³/mol. The topological polar surface area (TPSA) is 83.6 Å². The summed E-state index contributed by atoms with van der Waals surface area (Å²) in [6.45, 7) is 0.585. The van der Waals surface area contributed by atoms with Crippen LogP contribution in [-0.2, 0) is 17.4 Å². The third kappa shape index (κ3) is 5.09. The smallest absolute Gasteiger partial charge is 0.325 e. The molecule has 1 aromatic rings. The highest BCUT2D eigenvalue weighted by Crippen LogP contribution is 2.34. The van der Waals surface area contributed by atoms with E-state index in [0.717, 1.165) is 17.5 Å². The normalized spacial score (nSPS) is 11.7. The van der Waals surface area contributed by atoms with Crippen molar-refractivity contribution >= 4 is 7.60 Å². The molecule has 1 rings (SSSR count). The monoisotopic (exact) mass is 229 g/mol. The van der Waals surface area contributed by atoms with Crippen molar-refractivity contribution in [1.29, 1.82) is 0 Å². The molecule has 0 heterocycles. The van der Waals surface area contributed by atoms with Crippen molar-refractivity contribution in [3.05, 3.63) is 35.4 Å². The minimum atomic E-state index is -3.89. The van der Waals surface area contributed by atoms with Gasteiger partial charge >= 0.3 is 7.60 Å². The van der Waals surface area contributed by atoms with E-state index in [0.29, 0.717) is 13.0 Å². The van der Waals surface area contributed by atoms with Gasteiger partial charge in [-0.3, -0.25) is 4.57 Å². The maximum atomic E-state index is 10.7. The van der Waals surface area contributed by atoms with Crippen LogP contribution in [0.2, 0.25) is 0 Å². The van der Waals surface area contributed by atoms with Gasteiger partial charge < -0.3 is 15.5 Å². The predicted octanol–water partition coefficient (Wildman–Crippen LogP) is 0.908. The molecule has 0 aliphatic heterocycles. The Kier molecular flexibility index (Phi) is 4.48. The largest absolute Gasteiger partial charge is 0.330 e. The van der Waals surface area contributed by atoms with Gasteiger partial charge in [0.05, 0.1) is 6.16 Å². The molecular formula is C10H16NO3P. The van der Waals surface area contributed by atoms with Crippen LogP contribution in [0, 0.1) is 0 Å². The third-order valence-corrected chi connectivity index (χ3v) is 2.92. The number of rotatable bonds is 5. The molecular weight excluding hydrogens is 213 g/mol. The van der Waals surface area contributed by atoms with Gasteiger partial charge in [0.15, 0.2) is 0 Å². The van der Waals surface area contributed by atoms with Crippen molar-refractivity contribution in [2.24, 2.45) is 5.73 Å². The van der Waals surface area contributed by atoms with E-state index < -0.39 is 7.60 Å². The van der Waals surface area contributed by atoms with Crippen molar-refractivity contribution in [3.8, 4) is 0 Å². The zero-order valence-electron chi connectivity index (χ0n) is 8.47. The van der Waals surface area contributed by atoms with E-state index in [1.54, 1.807) is 0 Å². The van der Waals surface area contributed by atoms with E-state index in [-0.39, 0.29) is 6.16 Å². The second kappa shape index (κ2) is 5.42. The first-order valence-corrected chi connectivity index (χ1v) is 6.63. The van der Waals surface area contributed by atoms with Crippen LogP contribution in [0.3, 0.4) is 0 Å². The summed E-state index contributed by atoms with van der Waals surface area (Å²) in [5.41, 5.74) is 7.49. The Balaban J connectivity index is 2.61. The van der Waals surface area contributed by atoms with Crippen molar-refractivity contribution in [2.75, 3.05) is 12.7 Å². The first-order valence-electron chi connectivity index (χ1n) is 4.84. The molecule has 1 aromatic carbocycles. The molecule has 0 aliphatic rings. The van der Waals surface area contributed by atoms with Gasteiger partial charge in [-0.1, -0.05) is 24.3 Å².